The summed E-state index contributed by atoms with van der Waals surface area (Å²) >= 11 is 0. The molecule has 0 atom stereocenters. The molecule has 2 amide bonds. The van der Waals surface area contributed by atoms with Crippen molar-refractivity contribution in [1.29, 1.82) is 0 Å². The van der Waals surface area contributed by atoms with Gasteiger partial charge >= 0.3 is 0 Å². The summed E-state index contributed by atoms with van der Waals surface area (Å²) in [5.74, 6) is 0.757. The van der Waals surface area contributed by atoms with Gasteiger partial charge in [0.1, 0.15) is 5.54 Å². The van der Waals surface area contributed by atoms with E-state index >= 15 is 0 Å². The van der Waals surface area contributed by atoms with E-state index in [1.54, 1.807) is 0 Å². The van der Waals surface area contributed by atoms with Gasteiger partial charge in [-0.15, -0.1) is 0 Å². The molecule has 2 aliphatic heterocycles. The summed E-state index contributed by atoms with van der Waals surface area (Å²) in [5, 5.41) is 2.98. The Balaban J connectivity index is 1.66. The van der Waals surface area contributed by atoms with Gasteiger partial charge in [0.15, 0.2) is 0 Å². The average Bonchev–Trinajstić information content (AvgIpc) is 2.87. The van der Waals surface area contributed by atoms with Gasteiger partial charge in [0.25, 0.3) is 0 Å². The molecule has 1 aliphatic carbocycles. The lowest BCUT2D eigenvalue weighted by Crippen LogP contribution is -2.66. The third kappa shape index (κ3) is 2.55. The lowest BCUT2D eigenvalue weighted by molar-refractivity contribution is -0.150. The van der Waals surface area contributed by atoms with Crippen LogP contribution in [0.3, 0.4) is 0 Å². The number of carbonyl (C=O) groups excluding carboxylic acids is 2. The first-order valence-corrected chi connectivity index (χ1v) is 7.88. The van der Waals surface area contributed by atoms with E-state index in [1.807, 2.05) is 4.90 Å². The van der Waals surface area contributed by atoms with E-state index in [9.17, 15) is 9.59 Å². The molecule has 0 aromatic rings. The number of piperidine rings is 1. The normalized spacial score (nSPS) is 28.1. The smallest absolute Gasteiger partial charge is 0.248 e. The molecule has 0 aromatic heterocycles. The van der Waals surface area contributed by atoms with Crippen molar-refractivity contribution in [3.63, 3.8) is 0 Å². The van der Waals surface area contributed by atoms with E-state index in [1.165, 1.54) is 0 Å². The van der Waals surface area contributed by atoms with Crippen LogP contribution in [0.15, 0.2) is 0 Å². The number of amides is 2. The van der Waals surface area contributed by atoms with Gasteiger partial charge in [0.05, 0.1) is 6.54 Å². The first kappa shape index (κ1) is 13.9. The maximum absolute atomic E-state index is 12.7. The van der Waals surface area contributed by atoms with Crippen LogP contribution in [0.5, 0.6) is 0 Å². The summed E-state index contributed by atoms with van der Waals surface area (Å²) in [7, 11) is 2.14. The highest BCUT2D eigenvalue weighted by Crippen LogP contribution is 2.34. The van der Waals surface area contributed by atoms with Crippen LogP contribution in [-0.4, -0.2) is 60.4 Å². The fourth-order valence-electron chi connectivity index (χ4n) is 3.93. The van der Waals surface area contributed by atoms with Crippen LogP contribution in [0.25, 0.3) is 0 Å². The molecule has 20 heavy (non-hydrogen) atoms. The van der Waals surface area contributed by atoms with Crippen LogP contribution < -0.4 is 5.32 Å². The highest BCUT2D eigenvalue weighted by Gasteiger charge is 2.48. The molecule has 112 valence electrons. The third-order valence-corrected chi connectivity index (χ3v) is 5.18. The molecular weight excluding hydrogens is 254 g/mol. The number of carbonyl (C=O) groups is 2. The second kappa shape index (κ2) is 5.35. The van der Waals surface area contributed by atoms with E-state index < -0.39 is 5.54 Å². The number of nitrogens with zero attached hydrogens (tertiary/aromatic N) is 2. The minimum absolute atomic E-state index is 0.0272. The lowest BCUT2D eigenvalue weighted by Gasteiger charge is -2.42. The van der Waals surface area contributed by atoms with Crippen molar-refractivity contribution in [3.05, 3.63) is 0 Å². The Hall–Kier alpha value is -1.10. The minimum atomic E-state index is -0.555. The summed E-state index contributed by atoms with van der Waals surface area (Å²) in [6.45, 7) is 3.23. The number of piperazine rings is 1. The molecule has 3 aliphatic rings. The molecule has 2 saturated heterocycles. The predicted octanol–water partition coefficient (Wildman–Crippen LogP) is 0.599. The van der Waals surface area contributed by atoms with Crippen LogP contribution in [0.2, 0.25) is 0 Å². The molecule has 3 fully saturated rings. The minimum Gasteiger partial charge on any atom is -0.340 e. The monoisotopic (exact) mass is 279 g/mol. The van der Waals surface area contributed by atoms with Crippen molar-refractivity contribution in [3.8, 4) is 0 Å². The Morgan fingerprint density at radius 3 is 2.50 bits per heavy atom. The van der Waals surface area contributed by atoms with E-state index in [0.29, 0.717) is 5.92 Å². The summed E-state index contributed by atoms with van der Waals surface area (Å²) in [6, 6.07) is 0. The molecular formula is C15H25N3O2. The molecule has 0 aromatic carbocycles. The molecule has 2 heterocycles. The van der Waals surface area contributed by atoms with E-state index in [2.05, 4.69) is 17.3 Å². The van der Waals surface area contributed by atoms with Gasteiger partial charge in [-0.05, 0) is 51.7 Å². The molecule has 1 N–H and O–H groups in total. The van der Waals surface area contributed by atoms with E-state index in [-0.39, 0.29) is 18.4 Å². The van der Waals surface area contributed by atoms with Crippen molar-refractivity contribution in [2.24, 2.45) is 5.92 Å². The Bertz CT molecular complexity index is 396. The van der Waals surface area contributed by atoms with Gasteiger partial charge in [-0.2, -0.15) is 0 Å². The summed E-state index contributed by atoms with van der Waals surface area (Å²) in [5.41, 5.74) is -0.555. The van der Waals surface area contributed by atoms with Crippen molar-refractivity contribution in [1.82, 2.24) is 15.1 Å². The zero-order valence-corrected chi connectivity index (χ0v) is 12.4. The molecule has 3 rings (SSSR count). The van der Waals surface area contributed by atoms with Gasteiger partial charge in [0.2, 0.25) is 11.8 Å². The van der Waals surface area contributed by atoms with E-state index in [0.717, 1.165) is 58.2 Å². The Labute approximate surface area is 120 Å². The third-order valence-electron chi connectivity index (χ3n) is 5.18. The molecule has 0 unspecified atom stereocenters. The molecule has 0 radical (unpaired) electrons. The summed E-state index contributed by atoms with van der Waals surface area (Å²) < 4.78 is 0. The van der Waals surface area contributed by atoms with Crippen LogP contribution in [-0.2, 0) is 9.59 Å². The van der Waals surface area contributed by atoms with E-state index in [4.69, 9.17) is 0 Å². The van der Waals surface area contributed by atoms with Crippen molar-refractivity contribution < 1.29 is 9.59 Å². The fourth-order valence-corrected chi connectivity index (χ4v) is 3.93. The fraction of sp³-hybridized carbons (Fsp3) is 0.867. The van der Waals surface area contributed by atoms with Crippen molar-refractivity contribution in [2.45, 2.75) is 44.1 Å². The van der Waals surface area contributed by atoms with Gasteiger partial charge in [-0.1, -0.05) is 12.8 Å². The average molecular weight is 279 g/mol. The quantitative estimate of drug-likeness (QED) is 0.805. The number of rotatable bonds is 2. The standard InChI is InChI=1S/C15H25N3O2/c1-17-8-4-12(5-9-17)10-18-11-13(19)16-15(14(18)20)6-2-3-7-15/h12H,2-11H2,1H3,(H,16,19). The molecule has 5 heteroatoms. The maximum atomic E-state index is 12.7. The molecule has 1 spiro atoms. The van der Waals surface area contributed by atoms with Gasteiger partial charge < -0.3 is 15.1 Å². The SMILES string of the molecule is CN1CCC(CN2CC(=O)NC3(CCCC3)C2=O)CC1. The first-order valence-electron chi connectivity index (χ1n) is 7.88. The van der Waals surface area contributed by atoms with Gasteiger partial charge in [-0.3, -0.25) is 9.59 Å². The predicted molar refractivity (Wildman–Crippen MR) is 76.1 cm³/mol. The summed E-state index contributed by atoms with van der Waals surface area (Å²) in [6.07, 6.45) is 6.01. The number of likely N-dealkylation sites (tertiary alicyclic amines) is 1. The van der Waals surface area contributed by atoms with Crippen molar-refractivity contribution in [2.75, 3.05) is 33.2 Å². The van der Waals surface area contributed by atoms with Crippen molar-refractivity contribution >= 4 is 11.8 Å². The first-order chi connectivity index (χ1) is 9.59. The van der Waals surface area contributed by atoms with Crippen LogP contribution in [0.4, 0.5) is 0 Å². The second-order valence-corrected chi connectivity index (χ2v) is 6.77. The van der Waals surface area contributed by atoms with Crippen LogP contribution in [0.1, 0.15) is 38.5 Å². The highest BCUT2D eigenvalue weighted by molar-refractivity contribution is 5.98. The largest absolute Gasteiger partial charge is 0.340 e. The van der Waals surface area contributed by atoms with Gasteiger partial charge in [0, 0.05) is 6.54 Å². The molecule has 0 bridgehead atoms. The zero-order chi connectivity index (χ0) is 14.2. The Morgan fingerprint density at radius 1 is 1.20 bits per heavy atom. The zero-order valence-electron chi connectivity index (χ0n) is 12.4. The number of hydrogen-bond acceptors (Lipinski definition) is 3. The number of hydrogen-bond donors (Lipinski definition) is 1. The Kier molecular flexibility index (Phi) is 3.71. The molecule has 5 nitrogen and oxygen atoms in total. The Morgan fingerprint density at radius 2 is 1.85 bits per heavy atom. The summed E-state index contributed by atoms with van der Waals surface area (Å²) in [4.78, 5) is 28.9. The molecule has 1 saturated carbocycles. The van der Waals surface area contributed by atoms with Crippen LogP contribution >= 0.6 is 0 Å². The topological polar surface area (TPSA) is 52.6 Å². The lowest BCUT2D eigenvalue weighted by atomic mass is 9.90. The van der Waals surface area contributed by atoms with Gasteiger partial charge in [-0.25, -0.2) is 0 Å². The highest BCUT2D eigenvalue weighted by atomic mass is 16.2. The van der Waals surface area contributed by atoms with Crippen LogP contribution in [0, 0.1) is 5.92 Å². The number of nitrogens with one attached hydrogen (secondary N) is 1. The maximum Gasteiger partial charge on any atom is 0.248 e. The second-order valence-electron chi connectivity index (χ2n) is 6.77.